The van der Waals surface area contributed by atoms with Crippen LogP contribution < -0.4 is 5.32 Å². The number of hydrogen-bond donors (Lipinski definition) is 1. The van der Waals surface area contributed by atoms with Crippen molar-refractivity contribution in [1.82, 2.24) is 9.80 Å². The molecule has 0 unspecified atom stereocenters. The Hall–Kier alpha value is -2.78. The molecule has 5 rings (SSSR count). The zero-order valence-electron chi connectivity index (χ0n) is 18.4. The second-order valence-electron chi connectivity index (χ2n) is 10.1. The third-order valence-electron chi connectivity index (χ3n) is 7.58. The zero-order chi connectivity index (χ0) is 23.8. The van der Waals surface area contributed by atoms with Crippen molar-refractivity contribution in [3.63, 3.8) is 0 Å². The summed E-state index contributed by atoms with van der Waals surface area (Å²) in [6.07, 6.45) is -3.26. The van der Waals surface area contributed by atoms with Crippen LogP contribution in [-0.4, -0.2) is 64.2 Å². The molecule has 33 heavy (non-hydrogen) atoms. The highest BCUT2D eigenvalue weighted by Gasteiger charge is 2.64. The molecule has 0 aromatic heterocycles. The summed E-state index contributed by atoms with van der Waals surface area (Å²) in [6.45, 7) is 3.47. The molecule has 178 valence electrons. The number of amides is 2. The van der Waals surface area contributed by atoms with Gasteiger partial charge in [-0.05, 0) is 57.6 Å². The smallest absolute Gasteiger partial charge is 0.453 e. The number of para-hydroxylation sites is 1. The van der Waals surface area contributed by atoms with E-state index in [1.165, 1.54) is 13.8 Å². The molecule has 3 saturated heterocycles. The number of benzene rings is 1. The number of hydrogen-bond acceptors (Lipinski definition) is 5. The minimum Gasteiger partial charge on any atom is -0.453 e. The second kappa shape index (κ2) is 7.11. The Bertz CT molecular complexity index is 1030. The summed E-state index contributed by atoms with van der Waals surface area (Å²) in [5, 5.41) is 3.42. The molecule has 1 N–H and O–H groups in total. The van der Waals surface area contributed by atoms with Crippen molar-refractivity contribution in [3.05, 3.63) is 29.8 Å². The Balaban J connectivity index is 1.47. The van der Waals surface area contributed by atoms with E-state index in [4.69, 9.17) is 4.74 Å². The van der Waals surface area contributed by atoms with E-state index in [1.54, 1.807) is 9.80 Å². The highest BCUT2D eigenvalue weighted by atomic mass is 19.4. The van der Waals surface area contributed by atoms with Crippen LogP contribution >= 0.6 is 0 Å². The molecular weight excluding hydrogens is 439 g/mol. The summed E-state index contributed by atoms with van der Waals surface area (Å²) < 4.78 is 43.1. The zero-order valence-corrected chi connectivity index (χ0v) is 18.4. The highest BCUT2D eigenvalue weighted by Crippen LogP contribution is 2.55. The second-order valence-corrected chi connectivity index (χ2v) is 10.1. The molecule has 4 aliphatic heterocycles. The van der Waals surface area contributed by atoms with Crippen LogP contribution in [0.15, 0.2) is 24.3 Å². The van der Waals surface area contributed by atoms with Crippen LogP contribution in [0.5, 0.6) is 0 Å². The van der Waals surface area contributed by atoms with Crippen molar-refractivity contribution < 1.29 is 32.3 Å². The predicted molar refractivity (Wildman–Crippen MR) is 111 cm³/mol. The van der Waals surface area contributed by atoms with Gasteiger partial charge in [-0.1, -0.05) is 18.2 Å². The minimum atomic E-state index is -5.07. The first-order valence-electron chi connectivity index (χ1n) is 11.2. The molecule has 0 radical (unpaired) electrons. The largest absolute Gasteiger partial charge is 0.490 e. The lowest BCUT2D eigenvalue weighted by atomic mass is 9.73. The van der Waals surface area contributed by atoms with E-state index in [0.717, 1.165) is 17.7 Å². The number of alkyl halides is 3. The van der Waals surface area contributed by atoms with Gasteiger partial charge in [0.1, 0.15) is 23.9 Å². The van der Waals surface area contributed by atoms with Crippen LogP contribution in [0, 0.1) is 0 Å². The van der Waals surface area contributed by atoms with E-state index >= 15 is 0 Å². The summed E-state index contributed by atoms with van der Waals surface area (Å²) in [4.78, 5) is 41.5. The summed E-state index contributed by atoms with van der Waals surface area (Å²) in [7, 11) is 0. The van der Waals surface area contributed by atoms with E-state index in [1.807, 2.05) is 24.3 Å². The van der Waals surface area contributed by atoms with Crippen LogP contribution in [0.3, 0.4) is 0 Å². The summed E-state index contributed by atoms with van der Waals surface area (Å²) in [6, 6.07) is 6.52. The van der Waals surface area contributed by atoms with Crippen LogP contribution in [0.4, 0.5) is 18.9 Å². The molecule has 0 spiro atoms. The van der Waals surface area contributed by atoms with Crippen molar-refractivity contribution in [2.24, 2.45) is 0 Å². The van der Waals surface area contributed by atoms with Crippen LogP contribution in [0.2, 0.25) is 0 Å². The SMILES string of the molecule is CC(C)(CC[C@]12C[C@H]3C(=O)N4CCC[C@H]4C(=O)N3[C@H]1Nc1ccccc12)OC(=O)C(F)(F)F. The van der Waals surface area contributed by atoms with Gasteiger partial charge in [0.15, 0.2) is 0 Å². The maximum Gasteiger partial charge on any atom is 0.490 e. The Morgan fingerprint density at radius 1 is 1.18 bits per heavy atom. The maximum absolute atomic E-state index is 13.4. The Morgan fingerprint density at radius 2 is 1.91 bits per heavy atom. The third kappa shape index (κ3) is 3.28. The molecule has 7 nitrogen and oxygen atoms in total. The molecule has 4 aliphatic rings. The Morgan fingerprint density at radius 3 is 2.64 bits per heavy atom. The fraction of sp³-hybridized carbons (Fsp3) is 0.609. The van der Waals surface area contributed by atoms with Gasteiger partial charge in [0, 0.05) is 17.6 Å². The number of fused-ring (bicyclic) bond motifs is 6. The van der Waals surface area contributed by atoms with Gasteiger partial charge < -0.3 is 19.9 Å². The van der Waals surface area contributed by atoms with Crippen molar-refractivity contribution in [2.45, 2.75) is 81.4 Å². The molecule has 4 atom stereocenters. The number of esters is 1. The number of piperazine rings is 1. The van der Waals surface area contributed by atoms with E-state index in [-0.39, 0.29) is 18.2 Å². The van der Waals surface area contributed by atoms with E-state index in [9.17, 15) is 27.6 Å². The van der Waals surface area contributed by atoms with Gasteiger partial charge in [-0.2, -0.15) is 13.2 Å². The van der Waals surface area contributed by atoms with Gasteiger partial charge in [-0.25, -0.2) is 4.79 Å². The van der Waals surface area contributed by atoms with E-state index in [0.29, 0.717) is 25.8 Å². The topological polar surface area (TPSA) is 79.0 Å². The van der Waals surface area contributed by atoms with Crippen LogP contribution in [0.25, 0.3) is 0 Å². The van der Waals surface area contributed by atoms with Crippen molar-refractivity contribution in [3.8, 4) is 0 Å². The van der Waals surface area contributed by atoms with Crippen molar-refractivity contribution >= 4 is 23.5 Å². The summed E-state index contributed by atoms with van der Waals surface area (Å²) >= 11 is 0. The van der Waals surface area contributed by atoms with E-state index < -0.39 is 41.4 Å². The van der Waals surface area contributed by atoms with E-state index in [2.05, 4.69) is 5.32 Å². The normalized spacial score (nSPS) is 30.5. The number of nitrogens with zero attached hydrogens (tertiary/aromatic N) is 2. The molecule has 1 aromatic rings. The number of nitrogens with one attached hydrogen (secondary N) is 1. The molecule has 0 bridgehead atoms. The van der Waals surface area contributed by atoms with Gasteiger partial charge >= 0.3 is 12.1 Å². The first-order valence-corrected chi connectivity index (χ1v) is 11.2. The van der Waals surface area contributed by atoms with Gasteiger partial charge in [0.05, 0.1) is 0 Å². The lowest BCUT2D eigenvalue weighted by molar-refractivity contribution is -0.212. The van der Waals surface area contributed by atoms with Crippen molar-refractivity contribution in [2.75, 3.05) is 11.9 Å². The number of halogens is 3. The highest BCUT2D eigenvalue weighted by molar-refractivity contribution is 5.99. The third-order valence-corrected chi connectivity index (χ3v) is 7.58. The van der Waals surface area contributed by atoms with Crippen molar-refractivity contribution in [1.29, 1.82) is 0 Å². The Labute approximate surface area is 189 Å². The first kappa shape index (κ1) is 22.0. The molecule has 3 fully saturated rings. The van der Waals surface area contributed by atoms with Gasteiger partial charge in [-0.3, -0.25) is 9.59 Å². The Kier molecular flexibility index (Phi) is 4.75. The molecular formula is C23H26F3N3O4. The maximum atomic E-state index is 13.4. The molecule has 4 heterocycles. The first-order chi connectivity index (χ1) is 15.4. The van der Waals surface area contributed by atoms with Gasteiger partial charge in [-0.15, -0.1) is 0 Å². The number of ether oxygens (including phenoxy) is 1. The molecule has 0 saturated carbocycles. The van der Waals surface area contributed by atoms with Crippen LogP contribution in [-0.2, 0) is 24.5 Å². The number of anilines is 1. The number of rotatable bonds is 4. The fourth-order valence-corrected chi connectivity index (χ4v) is 6.05. The number of carbonyl (C=O) groups excluding carboxylic acids is 3. The van der Waals surface area contributed by atoms with Crippen LogP contribution in [0.1, 0.15) is 51.5 Å². The molecule has 2 amide bonds. The average molecular weight is 465 g/mol. The lowest BCUT2D eigenvalue weighted by Gasteiger charge is -2.41. The fourth-order valence-electron chi connectivity index (χ4n) is 6.05. The minimum absolute atomic E-state index is 0.0621. The lowest BCUT2D eigenvalue weighted by Crippen LogP contribution is -2.63. The molecule has 1 aromatic carbocycles. The van der Waals surface area contributed by atoms with Gasteiger partial charge in [0.25, 0.3) is 0 Å². The summed E-state index contributed by atoms with van der Waals surface area (Å²) in [5.41, 5.74) is -0.266. The monoisotopic (exact) mass is 465 g/mol. The average Bonchev–Trinajstić information content (AvgIpc) is 3.42. The summed E-state index contributed by atoms with van der Waals surface area (Å²) in [5.74, 6) is -2.36. The standard InChI is InChI=1S/C23H26F3N3O4/c1-21(2,33-20(32)23(24,25)26)9-10-22-12-16-17(30)28-11-5-8-15(28)18(31)29(16)19(22)27-14-7-4-3-6-13(14)22/h3-4,6-7,15-16,19,27H,5,8-12H2,1-2H3/t15-,16-,19+,22+/m0/s1. The predicted octanol–water partition coefficient (Wildman–Crippen LogP) is 2.95. The molecule has 0 aliphatic carbocycles. The van der Waals surface area contributed by atoms with Gasteiger partial charge in [0.2, 0.25) is 11.8 Å². The quantitative estimate of drug-likeness (QED) is 0.692. The number of carbonyl (C=O) groups is 3. The molecule has 10 heteroatoms.